The van der Waals surface area contributed by atoms with Gasteiger partial charge in [-0.25, -0.2) is 4.98 Å². The third kappa shape index (κ3) is 3.77. The number of primary amides is 1. The first-order valence-corrected chi connectivity index (χ1v) is 7.02. The third-order valence-corrected chi connectivity index (χ3v) is 4.48. The quantitative estimate of drug-likeness (QED) is 0.728. The molecule has 0 bridgehead atoms. The maximum Gasteiger partial charge on any atom is 0.238 e. The lowest BCUT2D eigenvalue weighted by Gasteiger charge is -2.26. The molecule has 16 heavy (non-hydrogen) atoms. The molecule has 1 rings (SSSR count). The Morgan fingerprint density at radius 3 is 3.00 bits per heavy atom. The maximum atomic E-state index is 11.4. The summed E-state index contributed by atoms with van der Waals surface area (Å²) in [6.45, 7) is 4.69. The number of nitrogens with one attached hydrogen (secondary N) is 1. The SMILES string of the molecule is CCCNC(C)(CSc1nccs1)C(N)=O. The molecule has 4 nitrogen and oxygen atoms in total. The molecule has 1 aromatic rings. The molecule has 3 N–H and O–H groups in total. The van der Waals surface area contributed by atoms with Crippen molar-refractivity contribution in [3.05, 3.63) is 11.6 Å². The molecule has 90 valence electrons. The van der Waals surface area contributed by atoms with Crippen molar-refractivity contribution >= 4 is 29.0 Å². The van der Waals surface area contributed by atoms with Crippen LogP contribution >= 0.6 is 23.1 Å². The molecule has 0 saturated carbocycles. The molecule has 0 aliphatic rings. The van der Waals surface area contributed by atoms with Gasteiger partial charge in [0, 0.05) is 17.3 Å². The first kappa shape index (κ1) is 13.5. The number of carbonyl (C=O) groups excluding carboxylic acids is 1. The second-order valence-corrected chi connectivity index (χ2v) is 5.83. The van der Waals surface area contributed by atoms with E-state index in [9.17, 15) is 4.79 Å². The molecule has 0 fully saturated rings. The van der Waals surface area contributed by atoms with E-state index in [0.717, 1.165) is 17.3 Å². The fourth-order valence-corrected chi connectivity index (χ4v) is 2.87. The minimum absolute atomic E-state index is 0.315. The number of amides is 1. The van der Waals surface area contributed by atoms with E-state index in [-0.39, 0.29) is 5.91 Å². The van der Waals surface area contributed by atoms with Gasteiger partial charge in [0.15, 0.2) is 0 Å². The number of thioether (sulfide) groups is 1. The molecule has 1 heterocycles. The summed E-state index contributed by atoms with van der Waals surface area (Å²) in [5, 5.41) is 5.11. The Morgan fingerprint density at radius 1 is 1.75 bits per heavy atom. The van der Waals surface area contributed by atoms with Crippen LogP contribution in [0.25, 0.3) is 0 Å². The minimum atomic E-state index is -0.660. The van der Waals surface area contributed by atoms with E-state index in [0.29, 0.717) is 5.75 Å². The fourth-order valence-electron chi connectivity index (χ4n) is 1.10. The zero-order valence-corrected chi connectivity index (χ0v) is 11.2. The molecule has 0 spiro atoms. The fraction of sp³-hybridized carbons (Fsp3) is 0.600. The molecular formula is C10H17N3OS2. The van der Waals surface area contributed by atoms with Crippen molar-refractivity contribution in [2.24, 2.45) is 5.73 Å². The van der Waals surface area contributed by atoms with Crippen molar-refractivity contribution in [1.82, 2.24) is 10.3 Å². The smallest absolute Gasteiger partial charge is 0.238 e. The number of nitrogens with zero attached hydrogens (tertiary/aromatic N) is 1. The monoisotopic (exact) mass is 259 g/mol. The van der Waals surface area contributed by atoms with Crippen LogP contribution in [0.15, 0.2) is 15.9 Å². The lowest BCUT2D eigenvalue weighted by molar-refractivity contribution is -0.122. The van der Waals surface area contributed by atoms with E-state index in [2.05, 4.69) is 17.2 Å². The molecule has 0 radical (unpaired) electrons. The molecular weight excluding hydrogens is 242 g/mol. The van der Waals surface area contributed by atoms with Crippen LogP contribution in [0.4, 0.5) is 0 Å². The highest BCUT2D eigenvalue weighted by atomic mass is 32.2. The van der Waals surface area contributed by atoms with Gasteiger partial charge in [-0.3, -0.25) is 4.79 Å². The Balaban J connectivity index is 2.53. The van der Waals surface area contributed by atoms with Gasteiger partial charge in [-0.05, 0) is 19.9 Å². The Kier molecular flexibility index (Phi) is 5.24. The first-order chi connectivity index (χ1) is 7.58. The van der Waals surface area contributed by atoms with Crippen LogP contribution in [-0.2, 0) is 4.79 Å². The van der Waals surface area contributed by atoms with E-state index in [1.165, 1.54) is 0 Å². The number of nitrogens with two attached hydrogens (primary N) is 1. The summed E-state index contributed by atoms with van der Waals surface area (Å²) in [7, 11) is 0. The van der Waals surface area contributed by atoms with Crippen LogP contribution in [0.2, 0.25) is 0 Å². The highest BCUT2D eigenvalue weighted by Crippen LogP contribution is 2.24. The zero-order valence-electron chi connectivity index (χ0n) is 9.53. The second kappa shape index (κ2) is 6.22. The lowest BCUT2D eigenvalue weighted by Crippen LogP contribution is -2.55. The maximum absolute atomic E-state index is 11.4. The highest BCUT2D eigenvalue weighted by Gasteiger charge is 2.30. The second-order valence-electron chi connectivity index (χ2n) is 3.71. The van der Waals surface area contributed by atoms with Gasteiger partial charge in [0.2, 0.25) is 5.91 Å². The Labute approximate surface area is 104 Å². The number of hydrogen-bond acceptors (Lipinski definition) is 5. The summed E-state index contributed by atoms with van der Waals surface area (Å²) in [5.74, 6) is 0.292. The topological polar surface area (TPSA) is 68.0 Å². The van der Waals surface area contributed by atoms with Gasteiger partial charge in [0.05, 0.1) is 0 Å². The molecule has 1 aromatic heterocycles. The summed E-state index contributed by atoms with van der Waals surface area (Å²) >= 11 is 3.13. The largest absolute Gasteiger partial charge is 0.368 e. The first-order valence-electron chi connectivity index (χ1n) is 5.15. The van der Waals surface area contributed by atoms with Crippen LogP contribution in [0.3, 0.4) is 0 Å². The summed E-state index contributed by atoms with van der Waals surface area (Å²) in [4.78, 5) is 15.6. The number of carbonyl (C=O) groups is 1. The van der Waals surface area contributed by atoms with Crippen molar-refractivity contribution in [3.8, 4) is 0 Å². The normalized spacial score (nSPS) is 14.6. The van der Waals surface area contributed by atoms with E-state index in [1.54, 1.807) is 29.3 Å². The number of rotatable bonds is 7. The zero-order chi connectivity index (χ0) is 12.0. The predicted molar refractivity (Wildman–Crippen MR) is 68.7 cm³/mol. The van der Waals surface area contributed by atoms with E-state index >= 15 is 0 Å². The van der Waals surface area contributed by atoms with Gasteiger partial charge in [-0.15, -0.1) is 11.3 Å². The van der Waals surface area contributed by atoms with Crippen molar-refractivity contribution < 1.29 is 4.79 Å². The van der Waals surface area contributed by atoms with E-state index in [4.69, 9.17) is 5.73 Å². The average Bonchev–Trinajstić information content (AvgIpc) is 2.76. The summed E-state index contributed by atoms with van der Waals surface area (Å²) in [6, 6.07) is 0. The third-order valence-electron chi connectivity index (χ3n) is 2.20. The molecule has 1 atom stereocenters. The lowest BCUT2D eigenvalue weighted by atomic mass is 10.1. The van der Waals surface area contributed by atoms with Crippen molar-refractivity contribution in [2.45, 2.75) is 30.1 Å². The van der Waals surface area contributed by atoms with Gasteiger partial charge in [0.1, 0.15) is 9.88 Å². The Bertz CT molecular complexity index is 329. The van der Waals surface area contributed by atoms with Crippen molar-refractivity contribution in [1.29, 1.82) is 0 Å². The van der Waals surface area contributed by atoms with Crippen molar-refractivity contribution in [3.63, 3.8) is 0 Å². The predicted octanol–water partition coefficient (Wildman–Crippen LogP) is 1.48. The molecule has 6 heteroatoms. The van der Waals surface area contributed by atoms with Crippen LogP contribution in [0.5, 0.6) is 0 Å². The number of hydrogen-bond donors (Lipinski definition) is 2. The highest BCUT2D eigenvalue weighted by molar-refractivity contribution is 8.01. The standard InChI is InChI=1S/C10H17N3OS2/c1-3-4-13-10(2,8(11)14)7-16-9-12-5-6-15-9/h5-6,13H,3-4,7H2,1-2H3,(H2,11,14). The van der Waals surface area contributed by atoms with Crippen LogP contribution < -0.4 is 11.1 Å². The van der Waals surface area contributed by atoms with Gasteiger partial charge in [-0.1, -0.05) is 18.7 Å². The van der Waals surface area contributed by atoms with Crippen molar-refractivity contribution in [2.75, 3.05) is 12.3 Å². The van der Waals surface area contributed by atoms with E-state index in [1.807, 2.05) is 12.3 Å². The summed E-state index contributed by atoms with van der Waals surface area (Å²) in [6.07, 6.45) is 2.73. The summed E-state index contributed by atoms with van der Waals surface area (Å²) < 4.78 is 0.964. The minimum Gasteiger partial charge on any atom is -0.368 e. The van der Waals surface area contributed by atoms with Crippen LogP contribution in [0.1, 0.15) is 20.3 Å². The molecule has 1 amide bonds. The van der Waals surface area contributed by atoms with Crippen LogP contribution in [-0.4, -0.2) is 28.7 Å². The molecule has 0 saturated heterocycles. The van der Waals surface area contributed by atoms with Gasteiger partial charge in [-0.2, -0.15) is 0 Å². The summed E-state index contributed by atoms with van der Waals surface area (Å²) in [5.41, 5.74) is 4.76. The Morgan fingerprint density at radius 2 is 2.50 bits per heavy atom. The van der Waals surface area contributed by atoms with E-state index < -0.39 is 5.54 Å². The number of thiazole rings is 1. The van der Waals surface area contributed by atoms with Crippen LogP contribution in [0, 0.1) is 0 Å². The van der Waals surface area contributed by atoms with Gasteiger partial charge >= 0.3 is 0 Å². The average molecular weight is 259 g/mol. The molecule has 1 unspecified atom stereocenters. The molecule has 0 aliphatic carbocycles. The molecule has 0 aromatic carbocycles. The number of aromatic nitrogens is 1. The van der Waals surface area contributed by atoms with Gasteiger partial charge < -0.3 is 11.1 Å². The molecule has 0 aliphatic heterocycles. The Hall–Kier alpha value is -0.590. The van der Waals surface area contributed by atoms with Gasteiger partial charge in [0.25, 0.3) is 0 Å².